The van der Waals surface area contributed by atoms with E-state index in [0.29, 0.717) is 17.5 Å². The van der Waals surface area contributed by atoms with Crippen molar-refractivity contribution < 1.29 is 4.42 Å². The lowest BCUT2D eigenvalue weighted by Gasteiger charge is -2.34. The van der Waals surface area contributed by atoms with Crippen LogP contribution in [0, 0.1) is 0 Å². The Morgan fingerprint density at radius 3 is 1.43 bits per heavy atom. The van der Waals surface area contributed by atoms with E-state index in [-0.39, 0.29) is 0 Å². The molecule has 1 aliphatic rings. The summed E-state index contributed by atoms with van der Waals surface area (Å²) >= 11 is 0. The Kier molecular flexibility index (Phi) is 10.4. The summed E-state index contributed by atoms with van der Waals surface area (Å²) in [7, 11) is 0. The quantitative estimate of drug-likeness (QED) is 0.145. The van der Waals surface area contributed by atoms with Crippen molar-refractivity contribution in [3.05, 3.63) is 295 Å². The first kappa shape index (κ1) is 43.1. The molecule has 13 aromatic rings. The maximum Gasteiger partial charge on any atom is 0.164 e. The largest absolute Gasteiger partial charge is 0.456 e. The van der Waals surface area contributed by atoms with E-state index < -0.39 is 5.41 Å². The molecule has 346 valence electrons. The van der Waals surface area contributed by atoms with Gasteiger partial charge in [0.2, 0.25) is 0 Å². The van der Waals surface area contributed by atoms with Crippen LogP contribution < -0.4 is 0 Å². The first-order valence-electron chi connectivity index (χ1n) is 25.2. The van der Waals surface area contributed by atoms with Gasteiger partial charge in [-0.2, -0.15) is 0 Å². The first-order valence-corrected chi connectivity index (χ1v) is 25.2. The highest BCUT2D eigenvalue weighted by molar-refractivity contribution is 6.13. The molecule has 4 heteroatoms. The number of hydrogen-bond acceptors (Lipinski definition) is 4. The van der Waals surface area contributed by atoms with E-state index in [1.807, 2.05) is 24.3 Å². The zero-order valence-corrected chi connectivity index (χ0v) is 40.2. The highest BCUT2D eigenvalue weighted by atomic mass is 16.3. The van der Waals surface area contributed by atoms with Crippen molar-refractivity contribution in [1.82, 2.24) is 15.0 Å². The molecule has 0 spiro atoms. The summed E-state index contributed by atoms with van der Waals surface area (Å²) in [4.78, 5) is 15.7. The number of nitrogens with zero attached hydrogens (tertiary/aromatic N) is 3. The third kappa shape index (κ3) is 7.18. The van der Waals surface area contributed by atoms with E-state index in [0.717, 1.165) is 77.6 Å². The second-order valence-electron chi connectivity index (χ2n) is 19.0. The summed E-state index contributed by atoms with van der Waals surface area (Å²) in [6.45, 7) is 0. The summed E-state index contributed by atoms with van der Waals surface area (Å²) in [5.74, 6) is 1.76. The second-order valence-corrected chi connectivity index (χ2v) is 19.0. The molecule has 0 fully saturated rings. The lowest BCUT2D eigenvalue weighted by atomic mass is 9.67. The molecule has 0 aliphatic heterocycles. The molecule has 1 aliphatic carbocycles. The van der Waals surface area contributed by atoms with Crippen molar-refractivity contribution >= 4 is 21.9 Å². The normalized spacial score (nSPS) is 12.4. The van der Waals surface area contributed by atoms with Gasteiger partial charge in [-0.15, -0.1) is 0 Å². The molecule has 2 aromatic heterocycles. The number of fused-ring (bicyclic) bond motifs is 6. The SMILES string of the molecule is c1ccc(-c2ccc(-c3nc(-c4cccc(-c5ccccc5)c4)nc(-c4cccc5oc6ccc(-c7cccc(-c8cccc9c8-c8ccccc8C9(c8ccccc8)c8ccccc8)c7)cc6c45)n3)cc2)cc1. The number of rotatable bonds is 9. The fourth-order valence-corrected chi connectivity index (χ4v) is 11.5. The number of benzene rings is 11. The number of hydrogen-bond donors (Lipinski definition) is 0. The summed E-state index contributed by atoms with van der Waals surface area (Å²) in [6, 6.07) is 97.2. The zero-order valence-electron chi connectivity index (χ0n) is 40.2. The molecule has 0 unspecified atom stereocenters. The topological polar surface area (TPSA) is 51.8 Å². The maximum absolute atomic E-state index is 6.65. The van der Waals surface area contributed by atoms with Crippen LogP contribution in [0.25, 0.3) is 112 Å². The third-order valence-corrected chi connectivity index (χ3v) is 14.8. The van der Waals surface area contributed by atoms with Gasteiger partial charge in [-0.25, -0.2) is 15.0 Å². The Morgan fingerprint density at radius 1 is 0.270 bits per heavy atom. The van der Waals surface area contributed by atoms with E-state index >= 15 is 0 Å². The molecule has 0 atom stereocenters. The maximum atomic E-state index is 6.65. The van der Waals surface area contributed by atoms with Crippen LogP contribution in [0.15, 0.2) is 277 Å². The van der Waals surface area contributed by atoms with Gasteiger partial charge in [0.15, 0.2) is 17.5 Å². The van der Waals surface area contributed by atoms with Gasteiger partial charge in [0.25, 0.3) is 0 Å². The Hall–Kier alpha value is -9.77. The third-order valence-electron chi connectivity index (χ3n) is 14.8. The molecule has 14 rings (SSSR count). The molecule has 0 amide bonds. The minimum absolute atomic E-state index is 0.480. The highest BCUT2D eigenvalue weighted by Gasteiger charge is 2.46. The number of furan rings is 1. The van der Waals surface area contributed by atoms with E-state index in [1.165, 1.54) is 38.9 Å². The Morgan fingerprint density at radius 2 is 0.716 bits per heavy atom. The van der Waals surface area contributed by atoms with Crippen LogP contribution in [0.1, 0.15) is 22.3 Å². The first-order chi connectivity index (χ1) is 36.7. The molecule has 74 heavy (non-hydrogen) atoms. The van der Waals surface area contributed by atoms with Gasteiger partial charge >= 0.3 is 0 Å². The van der Waals surface area contributed by atoms with Crippen molar-refractivity contribution in [3.8, 4) is 89.8 Å². The van der Waals surface area contributed by atoms with E-state index in [9.17, 15) is 0 Å². The van der Waals surface area contributed by atoms with Crippen LogP contribution in [-0.2, 0) is 5.41 Å². The van der Waals surface area contributed by atoms with Crippen molar-refractivity contribution in [1.29, 1.82) is 0 Å². The predicted molar refractivity (Wildman–Crippen MR) is 302 cm³/mol. The second kappa shape index (κ2) is 17.8. The van der Waals surface area contributed by atoms with Crippen LogP contribution in [0.5, 0.6) is 0 Å². The minimum atomic E-state index is -0.480. The fourth-order valence-electron chi connectivity index (χ4n) is 11.5. The van der Waals surface area contributed by atoms with Crippen LogP contribution in [-0.4, -0.2) is 15.0 Å². The predicted octanol–water partition coefficient (Wildman–Crippen LogP) is 17.8. The summed E-state index contributed by atoms with van der Waals surface area (Å²) < 4.78 is 6.65. The zero-order chi connectivity index (χ0) is 49.0. The average molecular weight is 944 g/mol. The van der Waals surface area contributed by atoms with E-state index in [1.54, 1.807) is 0 Å². The standard InChI is InChI=1S/C70H45N3O/c1-5-19-46(20-6-1)48-37-39-49(40-38-48)67-71-68(54-26-16-23-50(44-54)47-21-7-2-8-22-47)73-69(72-67)59-33-18-36-64-66(59)60-45-52(41-42-63(60)74-64)51-24-15-25-53(43-51)57-32-17-35-62-65(57)58-31-13-14-34-61(58)70(62,55-27-9-3-10-28-55)56-29-11-4-12-30-56/h1-45H. The van der Waals surface area contributed by atoms with Gasteiger partial charge in [-0.3, -0.25) is 0 Å². The molecule has 11 aromatic carbocycles. The Balaban J connectivity index is 0.903. The van der Waals surface area contributed by atoms with Gasteiger partial charge in [0.1, 0.15) is 11.2 Å². The van der Waals surface area contributed by atoms with Crippen molar-refractivity contribution in [2.24, 2.45) is 0 Å². The molecule has 0 bridgehead atoms. The van der Waals surface area contributed by atoms with E-state index in [2.05, 4.69) is 249 Å². The van der Waals surface area contributed by atoms with Crippen molar-refractivity contribution in [2.45, 2.75) is 5.41 Å². The molecule has 4 nitrogen and oxygen atoms in total. The van der Waals surface area contributed by atoms with E-state index in [4.69, 9.17) is 19.4 Å². The summed E-state index contributed by atoms with van der Waals surface area (Å²) in [5, 5.41) is 1.95. The van der Waals surface area contributed by atoms with Crippen LogP contribution in [0.4, 0.5) is 0 Å². The van der Waals surface area contributed by atoms with Gasteiger partial charge < -0.3 is 4.42 Å². The van der Waals surface area contributed by atoms with Crippen LogP contribution in [0.2, 0.25) is 0 Å². The Labute approximate surface area is 429 Å². The minimum Gasteiger partial charge on any atom is -0.456 e. The van der Waals surface area contributed by atoms with Gasteiger partial charge in [0, 0.05) is 27.5 Å². The lowest BCUT2D eigenvalue weighted by Crippen LogP contribution is -2.28. The summed E-state index contributed by atoms with van der Waals surface area (Å²) in [6.07, 6.45) is 0. The highest BCUT2D eigenvalue weighted by Crippen LogP contribution is 2.58. The van der Waals surface area contributed by atoms with Gasteiger partial charge in [-0.1, -0.05) is 243 Å². The fraction of sp³-hybridized carbons (Fsp3) is 0.0143. The molecular formula is C70H45N3O. The Bertz CT molecular complexity index is 4180. The molecule has 0 radical (unpaired) electrons. The average Bonchev–Trinajstić information content (AvgIpc) is 4.09. The van der Waals surface area contributed by atoms with Gasteiger partial charge in [0.05, 0.1) is 5.41 Å². The smallest absolute Gasteiger partial charge is 0.164 e. The molecule has 0 N–H and O–H groups in total. The lowest BCUT2D eigenvalue weighted by molar-refractivity contribution is 0.669. The number of aromatic nitrogens is 3. The molecule has 2 heterocycles. The van der Waals surface area contributed by atoms with Crippen LogP contribution >= 0.6 is 0 Å². The van der Waals surface area contributed by atoms with Gasteiger partial charge in [-0.05, 0) is 108 Å². The molecular weight excluding hydrogens is 899 g/mol. The van der Waals surface area contributed by atoms with Crippen molar-refractivity contribution in [2.75, 3.05) is 0 Å². The molecule has 0 saturated heterocycles. The molecule has 0 saturated carbocycles. The summed E-state index contributed by atoms with van der Waals surface area (Å²) in [5.41, 5.74) is 20.4. The monoisotopic (exact) mass is 943 g/mol. The van der Waals surface area contributed by atoms with Crippen molar-refractivity contribution in [3.63, 3.8) is 0 Å². The van der Waals surface area contributed by atoms with Crippen LogP contribution in [0.3, 0.4) is 0 Å².